The van der Waals surface area contributed by atoms with Gasteiger partial charge in [0.25, 0.3) is 0 Å². The van der Waals surface area contributed by atoms with Gasteiger partial charge in [-0.05, 0) is 48.6 Å². The third-order valence-corrected chi connectivity index (χ3v) is 2.76. The SMILES string of the molecule is S=C(Oc1ccc(Cl)cc1)c1ccnc(Cl)c1. The van der Waals surface area contributed by atoms with Gasteiger partial charge in [0.2, 0.25) is 0 Å². The smallest absolute Gasteiger partial charge is 0.198 e. The first-order chi connectivity index (χ1) is 8.15. The van der Waals surface area contributed by atoms with Gasteiger partial charge >= 0.3 is 0 Å². The van der Waals surface area contributed by atoms with Gasteiger partial charge in [-0.1, -0.05) is 23.2 Å². The second-order valence-corrected chi connectivity index (χ2v) is 4.41. The molecule has 1 heterocycles. The summed E-state index contributed by atoms with van der Waals surface area (Å²) >= 11 is 16.7. The van der Waals surface area contributed by atoms with Gasteiger partial charge in [0.1, 0.15) is 10.9 Å². The molecule has 0 unspecified atom stereocenters. The van der Waals surface area contributed by atoms with Crippen molar-refractivity contribution < 1.29 is 4.74 Å². The summed E-state index contributed by atoms with van der Waals surface area (Å²) < 4.78 is 5.50. The summed E-state index contributed by atoms with van der Waals surface area (Å²) in [6.07, 6.45) is 1.58. The van der Waals surface area contributed by atoms with Crippen molar-refractivity contribution in [1.29, 1.82) is 0 Å². The molecule has 0 radical (unpaired) electrons. The van der Waals surface area contributed by atoms with Crippen LogP contribution in [0, 0.1) is 0 Å². The van der Waals surface area contributed by atoms with Crippen LogP contribution < -0.4 is 4.74 Å². The Morgan fingerprint density at radius 3 is 2.47 bits per heavy atom. The Balaban J connectivity index is 2.14. The predicted molar refractivity (Wildman–Crippen MR) is 73.0 cm³/mol. The molecular weight excluding hydrogens is 277 g/mol. The second-order valence-electron chi connectivity index (χ2n) is 3.21. The number of hydrogen-bond acceptors (Lipinski definition) is 3. The zero-order chi connectivity index (χ0) is 12.3. The van der Waals surface area contributed by atoms with Crippen LogP contribution in [0.15, 0.2) is 42.6 Å². The molecule has 1 aromatic carbocycles. The minimum Gasteiger partial charge on any atom is -0.445 e. The monoisotopic (exact) mass is 283 g/mol. The van der Waals surface area contributed by atoms with Crippen LogP contribution in [0.4, 0.5) is 0 Å². The molecule has 0 fully saturated rings. The molecule has 0 N–H and O–H groups in total. The fourth-order valence-electron chi connectivity index (χ4n) is 1.20. The van der Waals surface area contributed by atoms with Gasteiger partial charge in [-0.25, -0.2) is 4.98 Å². The molecule has 2 aromatic rings. The van der Waals surface area contributed by atoms with Crippen LogP contribution in [0.2, 0.25) is 10.2 Å². The fourth-order valence-corrected chi connectivity index (χ4v) is 1.72. The zero-order valence-electron chi connectivity index (χ0n) is 8.56. The highest BCUT2D eigenvalue weighted by atomic mass is 35.5. The van der Waals surface area contributed by atoms with Crippen LogP contribution >= 0.6 is 35.4 Å². The molecule has 0 amide bonds. The third-order valence-electron chi connectivity index (χ3n) is 1.99. The third kappa shape index (κ3) is 3.40. The maximum absolute atomic E-state index is 5.77. The number of ether oxygens (including phenoxy) is 1. The van der Waals surface area contributed by atoms with E-state index in [2.05, 4.69) is 4.98 Å². The lowest BCUT2D eigenvalue weighted by Gasteiger charge is -2.07. The Morgan fingerprint density at radius 2 is 1.82 bits per heavy atom. The molecule has 0 saturated carbocycles. The Kier molecular flexibility index (Phi) is 3.94. The largest absolute Gasteiger partial charge is 0.445 e. The quantitative estimate of drug-likeness (QED) is 0.611. The highest BCUT2D eigenvalue weighted by molar-refractivity contribution is 7.80. The van der Waals surface area contributed by atoms with Gasteiger partial charge in [-0.2, -0.15) is 0 Å². The van der Waals surface area contributed by atoms with E-state index in [1.807, 2.05) is 0 Å². The van der Waals surface area contributed by atoms with Crippen molar-refractivity contribution in [3.8, 4) is 5.75 Å². The summed E-state index contributed by atoms with van der Waals surface area (Å²) in [6.45, 7) is 0. The summed E-state index contributed by atoms with van der Waals surface area (Å²) in [5.41, 5.74) is 0.718. The fraction of sp³-hybridized carbons (Fsp3) is 0. The number of pyridine rings is 1. The molecule has 0 aliphatic heterocycles. The molecule has 0 atom stereocenters. The Labute approximate surface area is 114 Å². The Bertz CT molecular complexity index is 542. The first kappa shape index (κ1) is 12.3. The summed E-state index contributed by atoms with van der Waals surface area (Å²) in [5, 5.41) is 1.37. The van der Waals surface area contributed by atoms with E-state index in [1.54, 1.807) is 42.6 Å². The summed E-state index contributed by atoms with van der Waals surface area (Å²) in [4.78, 5) is 3.87. The maximum atomic E-state index is 5.77. The minimum absolute atomic E-state index is 0.344. The standard InChI is InChI=1S/C12H7Cl2NOS/c13-9-1-3-10(4-2-9)16-12(17)8-5-6-15-11(14)7-8/h1-7H. The van der Waals surface area contributed by atoms with E-state index in [4.69, 9.17) is 40.2 Å². The molecule has 0 aliphatic rings. The van der Waals surface area contributed by atoms with Crippen molar-refractivity contribution in [3.05, 3.63) is 58.3 Å². The second kappa shape index (κ2) is 5.45. The predicted octanol–water partition coefficient (Wildman–Crippen LogP) is 4.14. The average molecular weight is 284 g/mol. The van der Waals surface area contributed by atoms with Crippen molar-refractivity contribution in [2.75, 3.05) is 0 Å². The van der Waals surface area contributed by atoms with E-state index in [9.17, 15) is 0 Å². The highest BCUT2D eigenvalue weighted by Gasteiger charge is 2.05. The Morgan fingerprint density at radius 1 is 1.12 bits per heavy atom. The lowest BCUT2D eigenvalue weighted by atomic mass is 10.3. The van der Waals surface area contributed by atoms with Crippen molar-refractivity contribution in [1.82, 2.24) is 4.98 Å². The van der Waals surface area contributed by atoms with E-state index in [1.165, 1.54) is 0 Å². The van der Waals surface area contributed by atoms with Crippen LogP contribution in [-0.4, -0.2) is 10.0 Å². The molecule has 2 rings (SSSR count). The number of benzene rings is 1. The number of rotatable bonds is 2. The Hall–Kier alpha value is -1.16. The summed E-state index contributed by atoms with van der Waals surface area (Å²) in [6, 6.07) is 10.4. The first-order valence-corrected chi connectivity index (χ1v) is 5.91. The van der Waals surface area contributed by atoms with Gasteiger partial charge in [-0.3, -0.25) is 0 Å². The maximum Gasteiger partial charge on any atom is 0.198 e. The molecular formula is C12H7Cl2NOS. The van der Waals surface area contributed by atoms with Crippen molar-refractivity contribution in [2.45, 2.75) is 0 Å². The van der Waals surface area contributed by atoms with E-state index < -0.39 is 0 Å². The van der Waals surface area contributed by atoms with Gasteiger partial charge < -0.3 is 4.74 Å². The molecule has 0 saturated heterocycles. The number of hydrogen-bond donors (Lipinski definition) is 0. The molecule has 17 heavy (non-hydrogen) atoms. The van der Waals surface area contributed by atoms with Crippen LogP contribution in [0.5, 0.6) is 5.75 Å². The lowest BCUT2D eigenvalue weighted by Crippen LogP contribution is -2.06. The lowest BCUT2D eigenvalue weighted by molar-refractivity contribution is 0.566. The molecule has 2 nitrogen and oxygen atoms in total. The first-order valence-electron chi connectivity index (χ1n) is 4.74. The molecule has 86 valence electrons. The van der Waals surface area contributed by atoms with Crippen molar-refractivity contribution in [3.63, 3.8) is 0 Å². The van der Waals surface area contributed by atoms with E-state index >= 15 is 0 Å². The van der Waals surface area contributed by atoms with E-state index in [0.717, 1.165) is 5.56 Å². The topological polar surface area (TPSA) is 22.1 Å². The normalized spacial score (nSPS) is 10.0. The average Bonchev–Trinajstić information content (AvgIpc) is 2.32. The number of aromatic nitrogens is 1. The number of thiocarbonyl (C=S) groups is 1. The van der Waals surface area contributed by atoms with Crippen LogP contribution in [0.1, 0.15) is 5.56 Å². The van der Waals surface area contributed by atoms with E-state index in [0.29, 0.717) is 21.0 Å². The van der Waals surface area contributed by atoms with Crippen LogP contribution in [-0.2, 0) is 0 Å². The number of halogens is 2. The van der Waals surface area contributed by atoms with Gasteiger partial charge in [-0.15, -0.1) is 0 Å². The minimum atomic E-state index is 0.344. The molecule has 1 aromatic heterocycles. The van der Waals surface area contributed by atoms with Crippen molar-refractivity contribution >= 4 is 40.5 Å². The molecule has 0 bridgehead atoms. The van der Waals surface area contributed by atoms with Crippen LogP contribution in [0.25, 0.3) is 0 Å². The van der Waals surface area contributed by atoms with Crippen LogP contribution in [0.3, 0.4) is 0 Å². The van der Waals surface area contributed by atoms with Gasteiger partial charge in [0.05, 0.1) is 0 Å². The summed E-state index contributed by atoms with van der Waals surface area (Å²) in [7, 11) is 0. The molecule has 0 spiro atoms. The van der Waals surface area contributed by atoms with E-state index in [-0.39, 0.29) is 0 Å². The highest BCUT2D eigenvalue weighted by Crippen LogP contribution is 2.18. The molecule has 0 aliphatic carbocycles. The summed E-state index contributed by atoms with van der Waals surface area (Å²) in [5.74, 6) is 0.632. The molecule has 5 heteroatoms. The van der Waals surface area contributed by atoms with Gasteiger partial charge in [0.15, 0.2) is 5.05 Å². The van der Waals surface area contributed by atoms with Gasteiger partial charge in [0, 0.05) is 16.8 Å². The van der Waals surface area contributed by atoms with Crippen molar-refractivity contribution in [2.24, 2.45) is 0 Å². The number of nitrogens with zero attached hydrogens (tertiary/aromatic N) is 1. The zero-order valence-corrected chi connectivity index (χ0v) is 10.9.